The Labute approximate surface area is 321 Å². The number of imidazole rings is 1. The number of nitrogens with one attached hydrogen (secondary N) is 1. The van der Waals surface area contributed by atoms with E-state index in [1.54, 1.807) is 24.3 Å². The Morgan fingerprint density at radius 3 is 2.13 bits per heavy atom. The number of aromatic nitrogens is 2. The van der Waals surface area contributed by atoms with Crippen LogP contribution in [0.5, 0.6) is 5.75 Å². The first-order chi connectivity index (χ1) is 27.0. The molecule has 3 aliphatic rings. The molecule has 1 fully saturated rings. The number of carbonyl (C=O) groups excluding carboxylic acids is 2. The first-order valence-electron chi connectivity index (χ1n) is 19.2. The number of likely N-dealkylation sites (N-methyl/N-ethyl adjacent to an activating group) is 1. The lowest BCUT2D eigenvalue weighted by Crippen LogP contribution is -2.44. The summed E-state index contributed by atoms with van der Waals surface area (Å²) in [6, 6.07) is 28.5. The van der Waals surface area contributed by atoms with E-state index in [2.05, 4.69) is 81.3 Å². The number of ether oxygens (including phenoxy) is 4. The number of rotatable bonds is 16. The molecule has 0 spiro atoms. The highest BCUT2D eigenvalue weighted by Gasteiger charge is 2.34. The van der Waals surface area contributed by atoms with Crippen LogP contribution >= 0.6 is 0 Å². The summed E-state index contributed by atoms with van der Waals surface area (Å²) in [4.78, 5) is 41.8. The smallest absolute Gasteiger partial charge is 0.261 e. The number of imide groups is 1. The minimum atomic E-state index is -0.270. The molecule has 8 rings (SSSR count). The van der Waals surface area contributed by atoms with Gasteiger partial charge in [-0.3, -0.25) is 14.5 Å². The molecule has 0 unspecified atom stereocenters. The van der Waals surface area contributed by atoms with E-state index in [-0.39, 0.29) is 25.0 Å². The highest BCUT2D eigenvalue weighted by molar-refractivity contribution is 6.21. The lowest BCUT2D eigenvalue weighted by molar-refractivity contribution is 0.00673. The van der Waals surface area contributed by atoms with Gasteiger partial charge in [-0.25, -0.2) is 4.98 Å². The highest BCUT2D eigenvalue weighted by atomic mass is 16.6. The molecule has 3 aliphatic heterocycles. The zero-order chi connectivity index (χ0) is 37.6. The Morgan fingerprint density at radius 1 is 0.655 bits per heavy atom. The Balaban J connectivity index is 0.726. The summed E-state index contributed by atoms with van der Waals surface area (Å²) in [5, 5.41) is 0. The second-order valence-corrected chi connectivity index (χ2v) is 14.2. The SMILES string of the molecule is CN1CCN(c2ccc3nc(-c4cccc(N5CCc6cc(OCCOCCOCCOCCN7C(=O)c8ccccc8C7=O)ccc6C5)c4)[nH]c3c2)CC1. The molecule has 1 aromatic heterocycles. The van der Waals surface area contributed by atoms with Crippen molar-refractivity contribution in [1.82, 2.24) is 19.8 Å². The van der Waals surface area contributed by atoms with Crippen LogP contribution in [0.25, 0.3) is 22.4 Å². The molecule has 0 aliphatic carbocycles. The third kappa shape index (κ3) is 8.52. The highest BCUT2D eigenvalue weighted by Crippen LogP contribution is 2.31. The van der Waals surface area contributed by atoms with Crippen LogP contribution in [0.2, 0.25) is 0 Å². The topological polar surface area (TPSA) is 113 Å². The van der Waals surface area contributed by atoms with Gasteiger partial charge in [0.15, 0.2) is 0 Å². The quantitative estimate of drug-likeness (QED) is 0.106. The lowest BCUT2D eigenvalue weighted by atomic mass is 9.98. The molecule has 4 aromatic carbocycles. The van der Waals surface area contributed by atoms with Gasteiger partial charge in [0.05, 0.1) is 68.3 Å². The molecule has 55 heavy (non-hydrogen) atoms. The van der Waals surface area contributed by atoms with Crippen molar-refractivity contribution in [2.45, 2.75) is 13.0 Å². The van der Waals surface area contributed by atoms with E-state index in [0.29, 0.717) is 50.8 Å². The third-order valence-electron chi connectivity index (χ3n) is 10.6. The Morgan fingerprint density at radius 2 is 1.36 bits per heavy atom. The summed E-state index contributed by atoms with van der Waals surface area (Å²) < 4.78 is 22.8. The van der Waals surface area contributed by atoms with Crippen molar-refractivity contribution in [1.29, 1.82) is 0 Å². The molecule has 12 nitrogen and oxygen atoms in total. The van der Waals surface area contributed by atoms with Crippen molar-refractivity contribution >= 4 is 34.2 Å². The van der Waals surface area contributed by atoms with E-state index >= 15 is 0 Å². The van der Waals surface area contributed by atoms with E-state index < -0.39 is 0 Å². The summed E-state index contributed by atoms with van der Waals surface area (Å²) >= 11 is 0. The van der Waals surface area contributed by atoms with E-state index in [4.69, 9.17) is 23.9 Å². The summed E-state index contributed by atoms with van der Waals surface area (Å²) in [7, 11) is 2.18. The minimum absolute atomic E-state index is 0.219. The molecule has 0 bridgehead atoms. The molecule has 12 heteroatoms. The lowest BCUT2D eigenvalue weighted by Gasteiger charge is -2.34. The van der Waals surface area contributed by atoms with Gasteiger partial charge >= 0.3 is 0 Å². The van der Waals surface area contributed by atoms with Crippen molar-refractivity contribution < 1.29 is 28.5 Å². The van der Waals surface area contributed by atoms with Gasteiger partial charge in [-0.15, -0.1) is 0 Å². The first kappa shape index (κ1) is 36.7. The second kappa shape index (κ2) is 17.0. The Hall–Kier alpha value is -5.27. The number of anilines is 2. The monoisotopic (exact) mass is 744 g/mol. The zero-order valence-corrected chi connectivity index (χ0v) is 31.4. The zero-order valence-electron chi connectivity index (χ0n) is 31.4. The molecular formula is C43H48N6O6. The minimum Gasteiger partial charge on any atom is -0.491 e. The first-order valence-corrected chi connectivity index (χ1v) is 19.2. The van der Waals surface area contributed by atoms with Crippen molar-refractivity contribution in [3.63, 3.8) is 0 Å². The normalized spacial score (nSPS) is 15.9. The van der Waals surface area contributed by atoms with Crippen LogP contribution in [-0.4, -0.2) is 124 Å². The molecule has 1 N–H and O–H groups in total. The van der Waals surface area contributed by atoms with Crippen LogP contribution in [-0.2, 0) is 27.2 Å². The number of nitrogens with zero attached hydrogens (tertiary/aromatic N) is 5. The predicted molar refractivity (Wildman–Crippen MR) is 212 cm³/mol. The van der Waals surface area contributed by atoms with Crippen LogP contribution in [0.15, 0.2) is 84.9 Å². The summed E-state index contributed by atoms with van der Waals surface area (Å²) in [5.74, 6) is 1.21. The van der Waals surface area contributed by atoms with Crippen molar-refractivity contribution in [3.8, 4) is 17.1 Å². The number of amides is 2. The Kier molecular flexibility index (Phi) is 11.4. The van der Waals surface area contributed by atoms with Gasteiger partial charge in [-0.1, -0.05) is 30.3 Å². The molecule has 5 aromatic rings. The average Bonchev–Trinajstić information content (AvgIpc) is 3.76. The maximum atomic E-state index is 12.4. The van der Waals surface area contributed by atoms with Crippen LogP contribution in [0.3, 0.4) is 0 Å². The van der Waals surface area contributed by atoms with E-state index in [9.17, 15) is 9.59 Å². The fourth-order valence-corrected chi connectivity index (χ4v) is 7.44. The van der Waals surface area contributed by atoms with Gasteiger partial charge in [0.1, 0.15) is 18.2 Å². The number of piperazine rings is 1. The predicted octanol–water partition coefficient (Wildman–Crippen LogP) is 5.27. The van der Waals surface area contributed by atoms with Crippen LogP contribution in [0.4, 0.5) is 11.4 Å². The molecule has 0 radical (unpaired) electrons. The number of hydrogen-bond donors (Lipinski definition) is 1. The fourth-order valence-electron chi connectivity index (χ4n) is 7.44. The molecule has 1 saturated heterocycles. The average molecular weight is 745 g/mol. The molecule has 286 valence electrons. The number of aromatic amines is 1. The van der Waals surface area contributed by atoms with Gasteiger partial charge in [0.25, 0.3) is 11.8 Å². The number of hydrogen-bond acceptors (Lipinski definition) is 10. The molecule has 4 heterocycles. The van der Waals surface area contributed by atoms with E-state index in [1.807, 2.05) is 6.07 Å². The van der Waals surface area contributed by atoms with Crippen LogP contribution in [0, 0.1) is 0 Å². The van der Waals surface area contributed by atoms with Gasteiger partial charge in [-0.05, 0) is 79.2 Å². The van der Waals surface area contributed by atoms with Crippen LogP contribution in [0.1, 0.15) is 31.8 Å². The van der Waals surface area contributed by atoms with Gasteiger partial charge in [0, 0.05) is 56.2 Å². The standard InChI is InChI=1S/C43H48N6O6/c1-46-15-17-47(18-16-46)35-10-12-39-40(29-35)45-41(44-39)32-5-4-6-34(27-32)48-14-13-31-28-36(11-9-33(31)30-48)55-26-25-54-24-23-53-22-21-52-20-19-49-42(50)37-7-2-3-8-38(37)43(49)51/h2-12,27-29H,13-26,30H2,1H3,(H,44,45). The molecule has 2 amide bonds. The van der Waals surface area contributed by atoms with Crippen molar-refractivity contribution in [3.05, 3.63) is 107 Å². The van der Waals surface area contributed by atoms with Crippen molar-refractivity contribution in [2.75, 3.05) is 102 Å². The molecule has 0 atom stereocenters. The summed E-state index contributed by atoms with van der Waals surface area (Å²) in [6.45, 7) is 9.08. The van der Waals surface area contributed by atoms with E-state index in [0.717, 1.165) is 73.9 Å². The van der Waals surface area contributed by atoms with E-state index in [1.165, 1.54) is 27.4 Å². The van der Waals surface area contributed by atoms with Gasteiger partial charge in [0.2, 0.25) is 0 Å². The number of H-pyrrole nitrogens is 1. The number of fused-ring (bicyclic) bond motifs is 3. The van der Waals surface area contributed by atoms with Gasteiger partial charge < -0.3 is 38.6 Å². The molecule has 0 saturated carbocycles. The molecular weight excluding hydrogens is 697 g/mol. The Bertz CT molecular complexity index is 2090. The maximum absolute atomic E-state index is 12.4. The van der Waals surface area contributed by atoms with Crippen LogP contribution < -0.4 is 14.5 Å². The fraction of sp³-hybridized carbons (Fsp3) is 0.372. The number of carbonyl (C=O) groups is 2. The third-order valence-corrected chi connectivity index (χ3v) is 10.6. The second-order valence-electron chi connectivity index (χ2n) is 14.2. The summed E-state index contributed by atoms with van der Waals surface area (Å²) in [6.07, 6.45) is 0.941. The summed E-state index contributed by atoms with van der Waals surface area (Å²) in [5.41, 5.74) is 9.10. The van der Waals surface area contributed by atoms with Gasteiger partial charge in [-0.2, -0.15) is 0 Å². The largest absolute Gasteiger partial charge is 0.491 e. The van der Waals surface area contributed by atoms with Crippen molar-refractivity contribution in [2.24, 2.45) is 0 Å². The number of benzene rings is 4. The maximum Gasteiger partial charge on any atom is 0.261 e.